The monoisotopic (exact) mass is 298 g/mol. The molecule has 0 aromatic rings. The van der Waals surface area contributed by atoms with E-state index in [-0.39, 0.29) is 7.92 Å². The van der Waals surface area contributed by atoms with Gasteiger partial charge < -0.3 is 9.11 Å². The van der Waals surface area contributed by atoms with Gasteiger partial charge in [0.25, 0.3) is 0 Å². The average Bonchev–Trinajstić information content (AvgIpc) is 1.65. The van der Waals surface area contributed by atoms with Crippen molar-refractivity contribution in [2.75, 3.05) is 0 Å². The summed E-state index contributed by atoms with van der Waals surface area (Å²) in [6, 6.07) is 0. The van der Waals surface area contributed by atoms with Crippen LogP contribution in [0.2, 0.25) is 0 Å². The molecule has 0 saturated heterocycles. The quantitative estimate of drug-likeness (QED) is 0.389. The van der Waals surface area contributed by atoms with Gasteiger partial charge in [-0.2, -0.15) is 0 Å². The Morgan fingerprint density at radius 2 is 0.778 bits per heavy atom. The molecular weight excluding hydrogens is 271 g/mol. The molecule has 0 bridgehead atoms. The van der Waals surface area contributed by atoms with Crippen molar-refractivity contribution in [2.45, 2.75) is 77.8 Å². The zero-order chi connectivity index (χ0) is 15.6. The fourth-order valence-electron chi connectivity index (χ4n) is 3.02. The van der Waals surface area contributed by atoms with Crippen LogP contribution >= 0.6 is 7.92 Å². The van der Waals surface area contributed by atoms with Crippen LogP contribution in [-0.2, 0) is 10.4 Å². The van der Waals surface area contributed by atoms with Gasteiger partial charge in [0, 0.05) is 10.4 Å². The third-order valence-electron chi connectivity index (χ3n) is 2.01. The number of rotatable bonds is 0. The first kappa shape index (κ1) is 20.6. The van der Waals surface area contributed by atoms with Gasteiger partial charge in [0.05, 0.1) is 0 Å². The first-order valence-corrected chi connectivity index (χ1v) is 8.51. The summed E-state index contributed by atoms with van der Waals surface area (Å²) in [4.78, 5) is 0. The van der Waals surface area contributed by atoms with E-state index in [0.29, 0.717) is 15.5 Å². The summed E-state index contributed by atoms with van der Waals surface area (Å²) in [6.45, 7) is 21.5. The molecule has 4 nitrogen and oxygen atoms in total. The maximum absolute atomic E-state index is 8.52. The van der Waals surface area contributed by atoms with E-state index < -0.39 is 10.4 Å². The summed E-state index contributed by atoms with van der Waals surface area (Å²) in [6.07, 6.45) is 0. The third kappa shape index (κ3) is 11.4. The van der Waals surface area contributed by atoms with Gasteiger partial charge in [-0.15, -0.1) is 0 Å². The molecular formula is C12H27O4PS-2. The van der Waals surface area contributed by atoms with E-state index in [9.17, 15) is 0 Å². The normalized spacial score (nSPS) is 14.2. The van der Waals surface area contributed by atoms with Gasteiger partial charge in [-0.25, -0.2) is 0 Å². The highest BCUT2D eigenvalue weighted by Crippen LogP contribution is 2.66. The second kappa shape index (κ2) is 6.17. The molecule has 112 valence electrons. The average molecular weight is 298 g/mol. The van der Waals surface area contributed by atoms with Crippen LogP contribution in [0, 0.1) is 0 Å². The Morgan fingerprint density at radius 1 is 0.667 bits per heavy atom. The summed E-state index contributed by atoms with van der Waals surface area (Å²) in [5.74, 6) is 0. The molecule has 0 aliphatic rings. The highest BCUT2D eigenvalue weighted by molar-refractivity contribution is 7.79. The van der Waals surface area contributed by atoms with Crippen LogP contribution in [0.5, 0.6) is 0 Å². The van der Waals surface area contributed by atoms with E-state index in [1.165, 1.54) is 0 Å². The predicted octanol–water partition coefficient (Wildman–Crippen LogP) is 3.53. The minimum absolute atomic E-state index is 0.0162. The Labute approximate surface area is 114 Å². The Hall–Kier alpha value is 0.300. The lowest BCUT2D eigenvalue weighted by atomic mass is 10.2. The lowest BCUT2D eigenvalue weighted by molar-refractivity contribution is 0.352. The molecule has 18 heavy (non-hydrogen) atoms. The summed E-state index contributed by atoms with van der Waals surface area (Å²) in [5, 5.41) is 1.35. The topological polar surface area (TPSA) is 80.3 Å². The Kier molecular flexibility index (Phi) is 7.06. The van der Waals surface area contributed by atoms with Crippen LogP contribution < -0.4 is 0 Å². The van der Waals surface area contributed by atoms with Gasteiger partial charge in [0.1, 0.15) is 0 Å². The molecule has 0 radical (unpaired) electrons. The molecule has 0 saturated carbocycles. The van der Waals surface area contributed by atoms with E-state index in [1.807, 2.05) is 0 Å². The van der Waals surface area contributed by atoms with Crippen molar-refractivity contribution >= 4 is 18.3 Å². The minimum atomic E-state index is -5.17. The van der Waals surface area contributed by atoms with E-state index in [1.54, 1.807) is 0 Å². The fourth-order valence-corrected chi connectivity index (χ4v) is 9.06. The zero-order valence-electron chi connectivity index (χ0n) is 13.0. The molecule has 0 fully saturated rings. The molecule has 0 aliphatic heterocycles. The van der Waals surface area contributed by atoms with Crippen molar-refractivity contribution in [1.82, 2.24) is 0 Å². The summed E-state index contributed by atoms with van der Waals surface area (Å²) in [5.41, 5.74) is 0. The third-order valence-corrected chi connectivity index (χ3v) is 6.04. The molecule has 0 atom stereocenters. The van der Waals surface area contributed by atoms with Crippen LogP contribution in [0.1, 0.15) is 62.3 Å². The summed E-state index contributed by atoms with van der Waals surface area (Å²) in [7, 11) is -5.15. The van der Waals surface area contributed by atoms with Gasteiger partial charge in [0.2, 0.25) is 0 Å². The molecule has 0 spiro atoms. The van der Waals surface area contributed by atoms with Crippen molar-refractivity contribution in [2.24, 2.45) is 0 Å². The van der Waals surface area contributed by atoms with Gasteiger partial charge in [0.15, 0.2) is 0 Å². The number of hydrogen-bond donors (Lipinski definition) is 0. The van der Waals surface area contributed by atoms with Gasteiger partial charge in [-0.3, -0.25) is 8.42 Å². The standard InChI is InChI=1S/C12H27P.H2O4S/c1-10(2,3)13(11(4,5)6)12(7,8)9;1-5(2,3)4/h1-9H3;(H2,1,2,3,4)/p-2. The van der Waals surface area contributed by atoms with Crippen LogP contribution in [-0.4, -0.2) is 33.0 Å². The highest BCUT2D eigenvalue weighted by Gasteiger charge is 2.41. The van der Waals surface area contributed by atoms with E-state index in [0.717, 1.165) is 0 Å². The predicted molar refractivity (Wildman–Crippen MR) is 76.7 cm³/mol. The molecule has 0 rings (SSSR count). The van der Waals surface area contributed by atoms with E-state index in [4.69, 9.17) is 17.5 Å². The smallest absolute Gasteiger partial charge is 0.0311 e. The SMILES string of the molecule is CC(C)(C)P(C(C)(C)C)C(C)(C)C.O=S(=O)([O-])[O-]. The molecule has 0 amide bonds. The number of hydrogen-bond acceptors (Lipinski definition) is 4. The molecule has 0 aromatic heterocycles. The molecule has 0 aromatic carbocycles. The van der Waals surface area contributed by atoms with Crippen LogP contribution in [0.3, 0.4) is 0 Å². The van der Waals surface area contributed by atoms with E-state index >= 15 is 0 Å². The van der Waals surface area contributed by atoms with Crippen LogP contribution in [0.4, 0.5) is 0 Å². The van der Waals surface area contributed by atoms with Gasteiger partial charge in [-0.05, 0) is 15.5 Å². The van der Waals surface area contributed by atoms with Gasteiger partial charge in [-0.1, -0.05) is 70.2 Å². The minimum Gasteiger partial charge on any atom is -0.759 e. The Bertz CT molecular complexity index is 300. The molecule has 6 heteroatoms. The Morgan fingerprint density at radius 3 is 0.778 bits per heavy atom. The lowest BCUT2D eigenvalue weighted by Crippen LogP contribution is -2.34. The van der Waals surface area contributed by atoms with Crippen molar-refractivity contribution in [3.8, 4) is 0 Å². The zero-order valence-corrected chi connectivity index (χ0v) is 14.7. The fraction of sp³-hybridized carbons (Fsp3) is 1.00. The van der Waals surface area contributed by atoms with E-state index in [2.05, 4.69) is 62.3 Å². The molecule has 0 aliphatic carbocycles. The second-order valence-corrected chi connectivity index (χ2v) is 12.8. The van der Waals surface area contributed by atoms with Crippen molar-refractivity contribution in [1.29, 1.82) is 0 Å². The maximum atomic E-state index is 8.52. The molecule has 0 N–H and O–H groups in total. The first-order valence-electron chi connectivity index (χ1n) is 5.84. The highest BCUT2D eigenvalue weighted by atomic mass is 32.3. The molecule has 0 heterocycles. The lowest BCUT2D eigenvalue weighted by Gasteiger charge is -2.49. The maximum Gasteiger partial charge on any atom is 0.0311 e. The van der Waals surface area contributed by atoms with Crippen LogP contribution in [0.25, 0.3) is 0 Å². The summed E-state index contributed by atoms with van der Waals surface area (Å²) >= 11 is 0. The van der Waals surface area contributed by atoms with Gasteiger partial charge >= 0.3 is 0 Å². The van der Waals surface area contributed by atoms with Crippen molar-refractivity contribution < 1.29 is 17.5 Å². The largest absolute Gasteiger partial charge is 0.759 e. The second-order valence-electron chi connectivity index (χ2n) is 7.26. The van der Waals surface area contributed by atoms with Crippen LogP contribution in [0.15, 0.2) is 0 Å². The van der Waals surface area contributed by atoms with Crippen molar-refractivity contribution in [3.05, 3.63) is 0 Å². The molecule has 0 unspecified atom stereocenters. The Balaban J connectivity index is 0. The van der Waals surface area contributed by atoms with Crippen molar-refractivity contribution in [3.63, 3.8) is 0 Å². The first-order chi connectivity index (χ1) is 7.37. The summed E-state index contributed by atoms with van der Waals surface area (Å²) < 4.78 is 34.1.